The van der Waals surface area contributed by atoms with Gasteiger partial charge in [0.25, 0.3) is 0 Å². The van der Waals surface area contributed by atoms with Gasteiger partial charge in [-0.3, -0.25) is 4.79 Å². The summed E-state index contributed by atoms with van der Waals surface area (Å²) >= 11 is 0. The number of allylic oxidation sites excluding steroid dienone is 5. The van der Waals surface area contributed by atoms with Crippen molar-refractivity contribution in [1.29, 1.82) is 0 Å². The fraction of sp³-hybridized carbons (Fsp3) is 0.462. The van der Waals surface area contributed by atoms with Crippen LogP contribution in [-0.4, -0.2) is 16.9 Å². The van der Waals surface area contributed by atoms with Gasteiger partial charge in [-0.15, -0.1) is 0 Å². The van der Waals surface area contributed by atoms with Crippen LogP contribution in [0.15, 0.2) is 66.5 Å². The number of carbonyl (C=O) groups excluding carboxylic acids is 1. The summed E-state index contributed by atoms with van der Waals surface area (Å²) in [6.07, 6.45) is 19.0. The highest BCUT2D eigenvalue weighted by atomic mass is 16.5. The van der Waals surface area contributed by atoms with Gasteiger partial charge in [-0.1, -0.05) is 88.0 Å². The smallest absolute Gasteiger partial charge is 0.371 e. The maximum atomic E-state index is 12.2. The van der Waals surface area contributed by atoms with Crippen molar-refractivity contribution in [1.82, 2.24) is 0 Å². The summed E-state index contributed by atoms with van der Waals surface area (Å²) < 4.78 is 5.40. The average molecular weight is 411 g/mol. The van der Waals surface area contributed by atoms with Crippen LogP contribution in [0.5, 0.6) is 5.75 Å². The molecule has 0 radical (unpaired) electrons. The highest BCUT2D eigenvalue weighted by Crippen LogP contribution is 2.34. The van der Waals surface area contributed by atoms with Gasteiger partial charge in [-0.05, 0) is 37.0 Å². The standard InChI is InChI=1S/C26H34O4/c1-2-3-4-5-6-9-14-21-19-20-24(27)23(21)17-12-8-13-18-25(26(28)29)30-22-15-10-7-11-16-22/h7-8,10-13,15-18,21,23H,2-6,9,14,19-20H2,1H3,(H,28,29)/t21-,23+/m0/s1. The van der Waals surface area contributed by atoms with Crippen molar-refractivity contribution in [3.05, 3.63) is 66.5 Å². The van der Waals surface area contributed by atoms with Crippen LogP contribution in [0.4, 0.5) is 0 Å². The van der Waals surface area contributed by atoms with Crippen LogP contribution in [-0.2, 0) is 9.59 Å². The number of benzene rings is 1. The molecule has 0 spiro atoms. The van der Waals surface area contributed by atoms with E-state index in [1.165, 1.54) is 44.6 Å². The van der Waals surface area contributed by atoms with Crippen LogP contribution in [0.2, 0.25) is 0 Å². The Bertz CT molecular complexity index is 746. The molecule has 0 saturated heterocycles. The third kappa shape index (κ3) is 8.40. The summed E-state index contributed by atoms with van der Waals surface area (Å²) in [6, 6.07) is 8.82. The first-order valence-electron chi connectivity index (χ1n) is 11.2. The van der Waals surface area contributed by atoms with E-state index in [9.17, 15) is 14.7 Å². The number of unbranched alkanes of at least 4 members (excludes halogenated alkanes) is 5. The number of aliphatic carboxylic acids is 1. The number of hydrogen-bond donors (Lipinski definition) is 1. The largest absolute Gasteiger partial charge is 0.475 e. The molecule has 30 heavy (non-hydrogen) atoms. The number of carboxylic acid groups (broad SMARTS) is 1. The zero-order chi connectivity index (χ0) is 21.6. The van der Waals surface area contributed by atoms with Crippen LogP contribution >= 0.6 is 0 Å². The van der Waals surface area contributed by atoms with E-state index < -0.39 is 5.97 Å². The lowest BCUT2D eigenvalue weighted by Gasteiger charge is -2.14. The van der Waals surface area contributed by atoms with E-state index in [1.807, 2.05) is 18.2 Å². The monoisotopic (exact) mass is 410 g/mol. The van der Waals surface area contributed by atoms with Gasteiger partial charge >= 0.3 is 5.97 Å². The second-order valence-electron chi connectivity index (χ2n) is 7.87. The first-order valence-corrected chi connectivity index (χ1v) is 11.2. The Morgan fingerprint density at radius 2 is 1.80 bits per heavy atom. The van der Waals surface area contributed by atoms with Gasteiger partial charge in [0.2, 0.25) is 5.76 Å². The summed E-state index contributed by atoms with van der Waals surface area (Å²) in [7, 11) is 0. The van der Waals surface area contributed by atoms with E-state index in [0.29, 0.717) is 23.9 Å². The van der Waals surface area contributed by atoms with Gasteiger partial charge in [0.15, 0.2) is 0 Å². The molecule has 1 saturated carbocycles. The van der Waals surface area contributed by atoms with Gasteiger partial charge < -0.3 is 9.84 Å². The van der Waals surface area contributed by atoms with E-state index >= 15 is 0 Å². The minimum Gasteiger partial charge on any atom is -0.475 e. The van der Waals surface area contributed by atoms with Gasteiger partial charge in [0, 0.05) is 12.3 Å². The second kappa shape index (κ2) is 13.6. The first-order chi connectivity index (χ1) is 14.6. The van der Waals surface area contributed by atoms with E-state index in [4.69, 9.17) is 4.74 Å². The minimum absolute atomic E-state index is 0.00576. The Hall–Kier alpha value is -2.62. The van der Waals surface area contributed by atoms with Crippen LogP contribution in [0, 0.1) is 11.8 Å². The molecule has 0 bridgehead atoms. The molecule has 0 heterocycles. The fourth-order valence-electron chi connectivity index (χ4n) is 3.87. The molecule has 2 rings (SSSR count). The molecule has 1 aliphatic carbocycles. The third-order valence-corrected chi connectivity index (χ3v) is 5.54. The number of carbonyl (C=O) groups is 2. The van der Waals surface area contributed by atoms with E-state index in [0.717, 1.165) is 12.8 Å². The molecule has 4 heteroatoms. The Balaban J connectivity index is 1.84. The predicted octanol–water partition coefficient (Wildman–Crippen LogP) is 6.49. The molecule has 162 valence electrons. The van der Waals surface area contributed by atoms with Gasteiger partial charge in [-0.25, -0.2) is 4.79 Å². The summed E-state index contributed by atoms with van der Waals surface area (Å²) in [5, 5.41) is 9.29. The molecule has 0 aromatic heterocycles. The number of rotatable bonds is 13. The van der Waals surface area contributed by atoms with Crippen LogP contribution < -0.4 is 4.74 Å². The summed E-state index contributed by atoms with van der Waals surface area (Å²) in [4.78, 5) is 23.6. The molecule has 2 atom stereocenters. The maximum Gasteiger partial charge on any atom is 0.371 e. The highest BCUT2D eigenvalue weighted by molar-refractivity contribution is 5.85. The van der Waals surface area contributed by atoms with Crippen LogP contribution in [0.3, 0.4) is 0 Å². The van der Waals surface area contributed by atoms with Gasteiger partial charge in [0.1, 0.15) is 11.5 Å². The van der Waals surface area contributed by atoms with Crippen molar-refractivity contribution in [2.75, 3.05) is 0 Å². The summed E-state index contributed by atoms with van der Waals surface area (Å²) in [6.45, 7) is 2.23. The van der Waals surface area contributed by atoms with E-state index in [2.05, 4.69) is 6.92 Å². The quantitative estimate of drug-likeness (QED) is 0.175. The molecule has 0 unspecified atom stereocenters. The Morgan fingerprint density at radius 1 is 1.07 bits per heavy atom. The number of hydrogen-bond acceptors (Lipinski definition) is 3. The fourth-order valence-corrected chi connectivity index (χ4v) is 3.87. The lowest BCUT2D eigenvalue weighted by molar-refractivity contribution is -0.135. The average Bonchev–Trinajstić information content (AvgIpc) is 3.09. The topological polar surface area (TPSA) is 63.6 Å². The van der Waals surface area contributed by atoms with Crippen molar-refractivity contribution in [2.24, 2.45) is 11.8 Å². The number of Topliss-reactive ketones (excluding diaryl/α,β-unsaturated/α-hetero) is 1. The molecule has 4 nitrogen and oxygen atoms in total. The van der Waals surface area contributed by atoms with Crippen LogP contribution in [0.25, 0.3) is 0 Å². The van der Waals surface area contributed by atoms with E-state index in [1.54, 1.807) is 36.4 Å². The maximum absolute atomic E-state index is 12.2. The number of para-hydroxylation sites is 1. The predicted molar refractivity (Wildman–Crippen MR) is 120 cm³/mol. The summed E-state index contributed by atoms with van der Waals surface area (Å²) in [5.74, 6) is -0.0381. The summed E-state index contributed by atoms with van der Waals surface area (Å²) in [5.41, 5.74) is 0. The normalized spacial score (nSPS) is 19.8. The van der Waals surface area contributed by atoms with Crippen molar-refractivity contribution in [3.8, 4) is 5.75 Å². The second-order valence-corrected chi connectivity index (χ2v) is 7.87. The van der Waals surface area contributed by atoms with E-state index in [-0.39, 0.29) is 11.7 Å². The first kappa shape index (κ1) is 23.7. The molecular weight excluding hydrogens is 376 g/mol. The zero-order valence-electron chi connectivity index (χ0n) is 18.0. The van der Waals surface area contributed by atoms with Gasteiger partial charge in [0.05, 0.1) is 0 Å². The molecule has 1 fully saturated rings. The SMILES string of the molecule is CCCCCCCC[C@H]1CCC(=O)[C@@H]1C=CC=CC=C(Oc1ccccc1)C(=O)O. The van der Waals surface area contributed by atoms with Crippen LogP contribution in [0.1, 0.15) is 64.7 Å². The number of carboxylic acids is 1. The molecule has 1 N–H and O–H groups in total. The highest BCUT2D eigenvalue weighted by Gasteiger charge is 2.31. The van der Waals surface area contributed by atoms with Gasteiger partial charge in [-0.2, -0.15) is 0 Å². The lowest BCUT2D eigenvalue weighted by Crippen LogP contribution is -2.12. The van der Waals surface area contributed by atoms with Crippen molar-refractivity contribution in [2.45, 2.75) is 64.7 Å². The molecule has 0 aliphatic heterocycles. The minimum atomic E-state index is -1.13. The van der Waals surface area contributed by atoms with Crippen molar-refractivity contribution < 1.29 is 19.4 Å². The number of ketones is 1. The molecule has 1 aromatic rings. The zero-order valence-corrected chi connectivity index (χ0v) is 18.0. The van der Waals surface area contributed by atoms with Crippen molar-refractivity contribution >= 4 is 11.8 Å². The molecule has 0 amide bonds. The molecule has 1 aliphatic rings. The third-order valence-electron chi connectivity index (χ3n) is 5.54. The Labute approximate surface area is 180 Å². The lowest BCUT2D eigenvalue weighted by atomic mass is 9.89. The van der Waals surface area contributed by atoms with Crippen molar-refractivity contribution in [3.63, 3.8) is 0 Å². The Kier molecular flexibility index (Phi) is 10.7. The molecule has 1 aromatic carbocycles. The Morgan fingerprint density at radius 3 is 2.53 bits per heavy atom. The molecular formula is C26H34O4. The number of ether oxygens (including phenoxy) is 1.